The van der Waals surface area contributed by atoms with Gasteiger partial charge in [-0.1, -0.05) is 17.7 Å². The van der Waals surface area contributed by atoms with Crippen LogP contribution in [0.25, 0.3) is 0 Å². The fourth-order valence-corrected chi connectivity index (χ4v) is 2.10. The Balaban J connectivity index is 2.21. The van der Waals surface area contributed by atoms with Gasteiger partial charge in [0.1, 0.15) is 0 Å². The number of hydrogen-bond acceptors (Lipinski definition) is 2. The molecule has 1 amide bonds. The van der Waals surface area contributed by atoms with E-state index in [-0.39, 0.29) is 11.5 Å². The summed E-state index contributed by atoms with van der Waals surface area (Å²) in [6.45, 7) is 3.54. The van der Waals surface area contributed by atoms with Crippen molar-refractivity contribution in [3.8, 4) is 0 Å². The van der Waals surface area contributed by atoms with Crippen LogP contribution in [-0.4, -0.2) is 17.0 Å². The van der Waals surface area contributed by atoms with Crippen LogP contribution in [0.15, 0.2) is 36.4 Å². The van der Waals surface area contributed by atoms with Crippen LogP contribution in [0, 0.1) is 13.8 Å². The first-order valence-electron chi connectivity index (χ1n) is 6.30. The molecule has 108 valence electrons. The van der Waals surface area contributed by atoms with E-state index in [4.69, 9.17) is 16.7 Å². The number of aryl methyl sites for hydroxylation is 2. The Labute approximate surface area is 127 Å². The van der Waals surface area contributed by atoms with Gasteiger partial charge in [0.15, 0.2) is 0 Å². The van der Waals surface area contributed by atoms with Crippen LogP contribution in [0.4, 0.5) is 5.69 Å². The van der Waals surface area contributed by atoms with E-state index in [9.17, 15) is 9.59 Å². The maximum Gasteiger partial charge on any atom is 0.335 e. The zero-order valence-electron chi connectivity index (χ0n) is 11.6. The lowest BCUT2D eigenvalue weighted by Crippen LogP contribution is -2.12. The summed E-state index contributed by atoms with van der Waals surface area (Å²) in [4.78, 5) is 23.1. The van der Waals surface area contributed by atoms with Crippen LogP contribution in [-0.2, 0) is 0 Å². The van der Waals surface area contributed by atoms with Crippen LogP contribution in [0.5, 0.6) is 0 Å². The van der Waals surface area contributed by atoms with Gasteiger partial charge >= 0.3 is 5.97 Å². The van der Waals surface area contributed by atoms with Crippen LogP contribution in [0.1, 0.15) is 31.8 Å². The fourth-order valence-electron chi connectivity index (χ4n) is 1.92. The number of carboxylic acids is 1. The van der Waals surface area contributed by atoms with Crippen LogP contribution >= 0.6 is 11.6 Å². The number of carbonyl (C=O) groups is 2. The lowest BCUT2D eigenvalue weighted by Gasteiger charge is -2.08. The lowest BCUT2D eigenvalue weighted by atomic mass is 10.1. The van der Waals surface area contributed by atoms with Gasteiger partial charge in [0.25, 0.3) is 5.91 Å². The number of rotatable bonds is 3. The molecule has 21 heavy (non-hydrogen) atoms. The van der Waals surface area contributed by atoms with Crippen molar-refractivity contribution in [1.29, 1.82) is 0 Å². The predicted octanol–water partition coefficient (Wildman–Crippen LogP) is 3.91. The molecule has 0 bridgehead atoms. The van der Waals surface area contributed by atoms with Crippen molar-refractivity contribution in [1.82, 2.24) is 0 Å². The first-order chi connectivity index (χ1) is 9.88. The summed E-state index contributed by atoms with van der Waals surface area (Å²) in [7, 11) is 0. The third kappa shape index (κ3) is 3.41. The molecule has 2 aromatic carbocycles. The average molecular weight is 304 g/mol. The molecule has 2 N–H and O–H groups in total. The van der Waals surface area contributed by atoms with E-state index < -0.39 is 5.97 Å². The minimum Gasteiger partial charge on any atom is -0.478 e. The molecule has 2 aromatic rings. The average Bonchev–Trinajstić information content (AvgIpc) is 2.41. The summed E-state index contributed by atoms with van der Waals surface area (Å²) >= 11 is 6.00. The number of hydrogen-bond donors (Lipinski definition) is 2. The Morgan fingerprint density at radius 1 is 1.05 bits per heavy atom. The number of nitrogens with one attached hydrogen (secondary N) is 1. The SMILES string of the molecule is Cc1ccc(C(=O)Nc2ccc(C(=O)O)c(C)c2)cc1Cl. The molecule has 0 saturated heterocycles. The first kappa shape index (κ1) is 15.1. The largest absolute Gasteiger partial charge is 0.478 e. The monoisotopic (exact) mass is 303 g/mol. The van der Waals surface area contributed by atoms with Gasteiger partial charge in [-0.3, -0.25) is 4.79 Å². The molecule has 0 aliphatic carbocycles. The number of carboxylic acid groups (broad SMARTS) is 1. The third-order valence-corrected chi connectivity index (χ3v) is 3.56. The Hall–Kier alpha value is -2.33. The Morgan fingerprint density at radius 2 is 1.76 bits per heavy atom. The van der Waals surface area contributed by atoms with Gasteiger partial charge in [-0.2, -0.15) is 0 Å². The van der Waals surface area contributed by atoms with Gasteiger partial charge in [0.2, 0.25) is 0 Å². The molecule has 0 aliphatic heterocycles. The van der Waals surface area contributed by atoms with E-state index in [1.54, 1.807) is 37.3 Å². The molecule has 0 fully saturated rings. The van der Waals surface area contributed by atoms with Crippen molar-refractivity contribution in [2.75, 3.05) is 5.32 Å². The summed E-state index contributed by atoms with van der Waals surface area (Å²) in [5.74, 6) is -1.28. The zero-order valence-corrected chi connectivity index (χ0v) is 12.4. The summed E-state index contributed by atoms with van der Waals surface area (Å²) < 4.78 is 0. The summed E-state index contributed by atoms with van der Waals surface area (Å²) in [5.41, 5.74) is 2.69. The van der Waals surface area contributed by atoms with E-state index >= 15 is 0 Å². The Morgan fingerprint density at radius 3 is 2.33 bits per heavy atom. The number of benzene rings is 2. The zero-order chi connectivity index (χ0) is 15.6. The predicted molar refractivity (Wildman–Crippen MR) is 82.3 cm³/mol. The van der Waals surface area contributed by atoms with Gasteiger partial charge in [-0.05, 0) is 55.3 Å². The van der Waals surface area contributed by atoms with E-state index in [2.05, 4.69) is 5.32 Å². The molecule has 0 spiro atoms. The number of anilines is 1. The second-order valence-electron chi connectivity index (χ2n) is 4.75. The Kier molecular flexibility index (Phi) is 4.29. The molecule has 0 unspecified atom stereocenters. The van der Waals surface area contributed by atoms with Gasteiger partial charge in [0, 0.05) is 16.3 Å². The van der Waals surface area contributed by atoms with Crippen molar-refractivity contribution in [2.24, 2.45) is 0 Å². The molecule has 0 aliphatic rings. The molecule has 0 atom stereocenters. The quantitative estimate of drug-likeness (QED) is 0.903. The fraction of sp³-hybridized carbons (Fsp3) is 0.125. The normalized spacial score (nSPS) is 10.2. The standard InChI is InChI=1S/C16H14ClNO3/c1-9-3-4-11(8-14(9)17)15(19)18-12-5-6-13(16(20)21)10(2)7-12/h3-8H,1-2H3,(H,18,19)(H,20,21). The summed E-state index contributed by atoms with van der Waals surface area (Å²) in [6.07, 6.45) is 0. The van der Waals surface area contributed by atoms with Gasteiger partial charge < -0.3 is 10.4 Å². The molecule has 0 saturated carbocycles. The second-order valence-corrected chi connectivity index (χ2v) is 5.16. The van der Waals surface area contributed by atoms with Crippen molar-refractivity contribution in [2.45, 2.75) is 13.8 Å². The van der Waals surface area contributed by atoms with Crippen molar-refractivity contribution >= 4 is 29.2 Å². The van der Waals surface area contributed by atoms with Crippen molar-refractivity contribution in [3.05, 3.63) is 63.7 Å². The van der Waals surface area contributed by atoms with Crippen molar-refractivity contribution < 1.29 is 14.7 Å². The molecule has 0 heterocycles. The van der Waals surface area contributed by atoms with Gasteiger partial charge in [-0.25, -0.2) is 4.79 Å². The molecule has 4 nitrogen and oxygen atoms in total. The molecular weight excluding hydrogens is 290 g/mol. The molecule has 2 rings (SSSR count). The van der Waals surface area contributed by atoms with E-state index in [1.165, 1.54) is 6.07 Å². The highest BCUT2D eigenvalue weighted by Crippen LogP contribution is 2.19. The smallest absolute Gasteiger partial charge is 0.335 e. The lowest BCUT2D eigenvalue weighted by molar-refractivity contribution is 0.0696. The van der Waals surface area contributed by atoms with Crippen molar-refractivity contribution in [3.63, 3.8) is 0 Å². The summed E-state index contributed by atoms with van der Waals surface area (Å²) in [5, 5.41) is 12.2. The minimum absolute atomic E-state index is 0.214. The third-order valence-electron chi connectivity index (χ3n) is 3.15. The Bertz CT molecular complexity index is 725. The highest BCUT2D eigenvalue weighted by atomic mass is 35.5. The maximum atomic E-state index is 12.1. The second kappa shape index (κ2) is 5.97. The molecular formula is C16H14ClNO3. The van der Waals surface area contributed by atoms with Crippen LogP contribution in [0.2, 0.25) is 5.02 Å². The van der Waals surface area contributed by atoms with Gasteiger partial charge in [0.05, 0.1) is 5.56 Å². The topological polar surface area (TPSA) is 66.4 Å². The van der Waals surface area contributed by atoms with Crippen LogP contribution in [0.3, 0.4) is 0 Å². The van der Waals surface area contributed by atoms with E-state index in [1.807, 2.05) is 6.92 Å². The number of aromatic carboxylic acids is 1. The maximum absolute atomic E-state index is 12.1. The molecule has 0 aromatic heterocycles. The number of carbonyl (C=O) groups excluding carboxylic acids is 1. The van der Waals surface area contributed by atoms with Crippen LogP contribution < -0.4 is 5.32 Å². The van der Waals surface area contributed by atoms with E-state index in [0.29, 0.717) is 21.8 Å². The molecule has 5 heteroatoms. The van der Waals surface area contributed by atoms with E-state index in [0.717, 1.165) is 5.56 Å². The van der Waals surface area contributed by atoms with Gasteiger partial charge in [-0.15, -0.1) is 0 Å². The molecule has 0 radical (unpaired) electrons. The minimum atomic E-state index is -0.990. The summed E-state index contributed by atoms with van der Waals surface area (Å²) in [6, 6.07) is 9.71. The number of amides is 1. The highest BCUT2D eigenvalue weighted by Gasteiger charge is 2.11. The number of halogens is 1. The highest BCUT2D eigenvalue weighted by molar-refractivity contribution is 6.31. The first-order valence-corrected chi connectivity index (χ1v) is 6.67.